The first-order valence-corrected chi connectivity index (χ1v) is 7.10. The Kier molecular flexibility index (Phi) is 4.89. The molecule has 2 N–H and O–H groups in total. The number of nitrogens with one attached hydrogen (secondary N) is 2. The predicted octanol–water partition coefficient (Wildman–Crippen LogP) is 2.05. The van der Waals surface area contributed by atoms with Gasteiger partial charge in [0, 0.05) is 26.3 Å². The third-order valence-electron chi connectivity index (χ3n) is 3.73. The molecule has 1 saturated heterocycles. The average Bonchev–Trinajstić information content (AvgIpc) is 2.46. The first-order valence-electron chi connectivity index (χ1n) is 7.10. The molecule has 1 aromatic rings. The maximum absolute atomic E-state index is 11.3. The fraction of sp³-hybridized carbons (Fsp3) is 0.692. The highest BCUT2D eigenvalue weighted by atomic mass is 16.6. The van der Waals surface area contributed by atoms with Crippen molar-refractivity contribution in [1.29, 1.82) is 0 Å². The summed E-state index contributed by atoms with van der Waals surface area (Å²) >= 11 is 0. The Morgan fingerprint density at radius 1 is 1.33 bits per heavy atom. The van der Waals surface area contributed by atoms with Gasteiger partial charge in [0.1, 0.15) is 6.33 Å². The topological polar surface area (TPSA) is 102 Å². The van der Waals surface area contributed by atoms with Crippen LogP contribution in [0.15, 0.2) is 6.33 Å². The number of hydrogen-bond donors (Lipinski definition) is 2. The van der Waals surface area contributed by atoms with Crippen molar-refractivity contribution in [3.63, 3.8) is 0 Å². The van der Waals surface area contributed by atoms with Gasteiger partial charge < -0.3 is 15.4 Å². The van der Waals surface area contributed by atoms with Crippen LogP contribution in [0.25, 0.3) is 0 Å². The molecule has 0 unspecified atom stereocenters. The first-order chi connectivity index (χ1) is 10.1. The predicted molar refractivity (Wildman–Crippen MR) is 79.5 cm³/mol. The van der Waals surface area contributed by atoms with Crippen molar-refractivity contribution < 1.29 is 9.66 Å². The second-order valence-corrected chi connectivity index (χ2v) is 5.48. The minimum absolute atomic E-state index is 0.0649. The summed E-state index contributed by atoms with van der Waals surface area (Å²) in [5, 5.41) is 17.3. The molecule has 2 heterocycles. The van der Waals surface area contributed by atoms with E-state index in [4.69, 9.17) is 4.74 Å². The monoisotopic (exact) mass is 295 g/mol. The van der Waals surface area contributed by atoms with E-state index in [0.717, 1.165) is 26.1 Å². The van der Waals surface area contributed by atoms with Crippen LogP contribution in [0.2, 0.25) is 0 Å². The first kappa shape index (κ1) is 15.4. The van der Waals surface area contributed by atoms with Gasteiger partial charge in [-0.05, 0) is 25.2 Å². The van der Waals surface area contributed by atoms with Gasteiger partial charge in [0.25, 0.3) is 0 Å². The standard InChI is InChI=1S/C13H21N5O3/c1-3-14-11-10(18(19)20)12(17-9-16-11)15-8-13(2)4-6-21-7-5-13/h9H,3-8H2,1-2H3,(H2,14,15,16,17). The van der Waals surface area contributed by atoms with Crippen molar-refractivity contribution in [2.24, 2.45) is 5.41 Å². The third kappa shape index (κ3) is 3.78. The number of aromatic nitrogens is 2. The third-order valence-corrected chi connectivity index (χ3v) is 3.73. The van der Waals surface area contributed by atoms with E-state index in [2.05, 4.69) is 27.5 Å². The Hall–Kier alpha value is -1.96. The minimum Gasteiger partial charge on any atom is -0.381 e. The largest absolute Gasteiger partial charge is 0.381 e. The summed E-state index contributed by atoms with van der Waals surface area (Å²) < 4.78 is 5.36. The minimum atomic E-state index is -0.452. The van der Waals surface area contributed by atoms with E-state index in [9.17, 15) is 10.1 Å². The van der Waals surface area contributed by atoms with Gasteiger partial charge >= 0.3 is 5.69 Å². The van der Waals surface area contributed by atoms with Gasteiger partial charge in [-0.3, -0.25) is 10.1 Å². The summed E-state index contributed by atoms with van der Waals surface area (Å²) in [6.07, 6.45) is 3.19. The van der Waals surface area contributed by atoms with E-state index in [1.54, 1.807) is 0 Å². The zero-order chi connectivity index (χ0) is 15.3. The molecule has 0 bridgehead atoms. The molecule has 0 aromatic carbocycles. The second kappa shape index (κ2) is 6.66. The van der Waals surface area contributed by atoms with E-state index < -0.39 is 4.92 Å². The van der Waals surface area contributed by atoms with E-state index in [1.165, 1.54) is 6.33 Å². The van der Waals surface area contributed by atoms with Crippen LogP contribution >= 0.6 is 0 Å². The Morgan fingerprint density at radius 3 is 2.52 bits per heavy atom. The maximum atomic E-state index is 11.3. The Balaban J connectivity index is 2.15. The molecule has 116 valence electrons. The van der Waals surface area contributed by atoms with Crippen molar-refractivity contribution in [2.75, 3.05) is 36.9 Å². The van der Waals surface area contributed by atoms with E-state index in [-0.39, 0.29) is 22.7 Å². The number of hydrogen-bond acceptors (Lipinski definition) is 7. The maximum Gasteiger partial charge on any atom is 0.353 e. The number of nitro groups is 1. The Labute approximate surface area is 123 Å². The molecule has 1 fully saturated rings. The van der Waals surface area contributed by atoms with Crippen molar-refractivity contribution in [3.8, 4) is 0 Å². The van der Waals surface area contributed by atoms with Crippen LogP contribution < -0.4 is 10.6 Å². The van der Waals surface area contributed by atoms with Crippen LogP contribution in [0, 0.1) is 15.5 Å². The molecule has 1 aromatic heterocycles. The molecule has 8 heteroatoms. The van der Waals surface area contributed by atoms with Gasteiger partial charge in [-0.2, -0.15) is 0 Å². The lowest BCUT2D eigenvalue weighted by molar-refractivity contribution is -0.383. The molecule has 0 atom stereocenters. The smallest absolute Gasteiger partial charge is 0.353 e. The zero-order valence-electron chi connectivity index (χ0n) is 12.4. The van der Waals surface area contributed by atoms with Crippen LogP contribution in [0.1, 0.15) is 26.7 Å². The van der Waals surface area contributed by atoms with Crippen LogP contribution in [0.3, 0.4) is 0 Å². The summed E-state index contributed by atoms with van der Waals surface area (Å²) in [4.78, 5) is 18.8. The van der Waals surface area contributed by atoms with Gasteiger partial charge in [-0.1, -0.05) is 6.92 Å². The summed E-state index contributed by atoms with van der Waals surface area (Å²) in [5.41, 5.74) is -0.0369. The Morgan fingerprint density at radius 2 is 1.95 bits per heavy atom. The second-order valence-electron chi connectivity index (χ2n) is 5.48. The molecule has 1 aliphatic rings. The van der Waals surface area contributed by atoms with Crippen molar-refractivity contribution >= 4 is 17.3 Å². The van der Waals surface area contributed by atoms with E-state index in [0.29, 0.717) is 13.1 Å². The van der Waals surface area contributed by atoms with E-state index in [1.807, 2.05) is 6.92 Å². The van der Waals surface area contributed by atoms with E-state index >= 15 is 0 Å². The highest BCUT2D eigenvalue weighted by molar-refractivity contribution is 5.69. The molecule has 0 amide bonds. The normalized spacial score (nSPS) is 17.2. The molecule has 21 heavy (non-hydrogen) atoms. The van der Waals surface area contributed by atoms with Gasteiger partial charge in [-0.15, -0.1) is 0 Å². The number of nitrogens with zero attached hydrogens (tertiary/aromatic N) is 3. The molecule has 0 spiro atoms. The fourth-order valence-electron chi connectivity index (χ4n) is 2.32. The van der Waals surface area contributed by atoms with Crippen molar-refractivity contribution in [1.82, 2.24) is 9.97 Å². The number of rotatable bonds is 6. The molecule has 1 aliphatic heterocycles. The molecule has 8 nitrogen and oxygen atoms in total. The molecule has 0 saturated carbocycles. The summed E-state index contributed by atoms with van der Waals surface area (Å²) in [6, 6.07) is 0. The molecule has 2 rings (SSSR count). The number of ether oxygens (including phenoxy) is 1. The van der Waals surface area contributed by atoms with Crippen LogP contribution in [0.5, 0.6) is 0 Å². The zero-order valence-corrected chi connectivity index (χ0v) is 12.4. The quantitative estimate of drug-likeness (QED) is 0.611. The lowest BCUT2D eigenvalue weighted by Gasteiger charge is -2.33. The molecular weight excluding hydrogens is 274 g/mol. The van der Waals surface area contributed by atoms with Gasteiger partial charge in [-0.25, -0.2) is 9.97 Å². The van der Waals surface area contributed by atoms with Gasteiger partial charge in [0.15, 0.2) is 0 Å². The lowest BCUT2D eigenvalue weighted by Crippen LogP contribution is -2.33. The molecular formula is C13H21N5O3. The summed E-state index contributed by atoms with van der Waals surface area (Å²) in [7, 11) is 0. The molecule has 0 radical (unpaired) electrons. The van der Waals surface area contributed by atoms with Crippen molar-refractivity contribution in [2.45, 2.75) is 26.7 Å². The average molecular weight is 295 g/mol. The van der Waals surface area contributed by atoms with Crippen LogP contribution in [-0.2, 0) is 4.74 Å². The number of anilines is 2. The lowest BCUT2D eigenvalue weighted by atomic mass is 9.82. The summed E-state index contributed by atoms with van der Waals surface area (Å²) in [6.45, 7) is 6.66. The SMILES string of the molecule is CCNc1ncnc(NCC2(C)CCOCC2)c1[N+](=O)[O-]. The van der Waals surface area contributed by atoms with Crippen molar-refractivity contribution in [3.05, 3.63) is 16.4 Å². The fourth-order valence-corrected chi connectivity index (χ4v) is 2.32. The van der Waals surface area contributed by atoms with Gasteiger partial charge in [0.05, 0.1) is 4.92 Å². The Bertz CT molecular complexity index is 503. The van der Waals surface area contributed by atoms with Gasteiger partial charge in [0.2, 0.25) is 11.6 Å². The molecule has 0 aliphatic carbocycles. The summed E-state index contributed by atoms with van der Waals surface area (Å²) in [5.74, 6) is 0.510. The van der Waals surface area contributed by atoms with Crippen LogP contribution in [-0.4, -0.2) is 41.2 Å². The highest BCUT2D eigenvalue weighted by Crippen LogP contribution is 2.33. The van der Waals surface area contributed by atoms with Crippen LogP contribution in [0.4, 0.5) is 17.3 Å². The highest BCUT2D eigenvalue weighted by Gasteiger charge is 2.29.